The van der Waals surface area contributed by atoms with Crippen molar-refractivity contribution in [2.24, 2.45) is 16.4 Å². The summed E-state index contributed by atoms with van der Waals surface area (Å²) in [6.07, 6.45) is -0.0781. The molecule has 2 aromatic heterocycles. The van der Waals surface area contributed by atoms with Gasteiger partial charge in [0.2, 0.25) is 17.7 Å². The normalized spacial score (nSPS) is 18.7. The molecule has 7 rings (SSSR count). The third-order valence-corrected chi connectivity index (χ3v) is 13.1. The number of nitrogens with one attached hydrogen (secondary N) is 2. The first-order valence-corrected chi connectivity index (χ1v) is 22.9. The summed E-state index contributed by atoms with van der Waals surface area (Å²) in [6.45, 7) is 12.5. The molecule has 4 aromatic rings. The molecule has 0 bridgehead atoms. The average Bonchev–Trinajstić information content (AvgIpc) is 4.02. The van der Waals surface area contributed by atoms with Crippen molar-refractivity contribution in [1.82, 2.24) is 40.3 Å². The fraction of sp³-hybridized carbons (Fsp3) is 0.543. The third kappa shape index (κ3) is 11.5. The third-order valence-electron chi connectivity index (χ3n) is 12.1. The van der Waals surface area contributed by atoms with E-state index in [4.69, 9.17) is 9.47 Å². The number of carbonyl (C=O) groups is 3. The molecule has 3 aliphatic rings. The summed E-state index contributed by atoms with van der Waals surface area (Å²) in [4.78, 5) is 49.8. The van der Waals surface area contributed by atoms with E-state index in [1.54, 1.807) is 16.2 Å². The number of amides is 3. The van der Waals surface area contributed by atoms with Gasteiger partial charge in [-0.15, -0.1) is 21.5 Å². The minimum atomic E-state index is -4.61. The number of benzene rings is 2. The zero-order valence-corrected chi connectivity index (χ0v) is 37.9. The molecule has 3 atom stereocenters. The van der Waals surface area contributed by atoms with Crippen molar-refractivity contribution in [3.05, 3.63) is 82.5 Å². The summed E-state index contributed by atoms with van der Waals surface area (Å²) < 4.78 is 52.6. The molecule has 18 heteroatoms. The number of ether oxygens (including phenoxy) is 2. The van der Waals surface area contributed by atoms with Crippen molar-refractivity contribution >= 4 is 34.9 Å². The van der Waals surface area contributed by atoms with Crippen molar-refractivity contribution in [1.29, 1.82) is 0 Å². The predicted octanol–water partition coefficient (Wildman–Crippen LogP) is 6.98. The van der Waals surface area contributed by atoms with Crippen LogP contribution in [0.3, 0.4) is 0 Å². The van der Waals surface area contributed by atoms with Gasteiger partial charge in [0.1, 0.15) is 30.3 Å². The monoisotopic (exact) mass is 905 g/mol. The lowest BCUT2D eigenvalue weighted by Crippen LogP contribution is -2.58. The molecule has 3 aliphatic heterocycles. The van der Waals surface area contributed by atoms with Crippen molar-refractivity contribution in [2.75, 3.05) is 39.5 Å². The van der Waals surface area contributed by atoms with Crippen LogP contribution in [0.25, 0.3) is 10.4 Å². The van der Waals surface area contributed by atoms with Gasteiger partial charge in [0.05, 0.1) is 22.7 Å². The number of fused-ring (bicyclic) bond motifs is 1. The Morgan fingerprint density at radius 3 is 2.34 bits per heavy atom. The van der Waals surface area contributed by atoms with Crippen molar-refractivity contribution in [3.63, 3.8) is 0 Å². The van der Waals surface area contributed by atoms with E-state index in [2.05, 4.69) is 47.9 Å². The molecule has 5 heterocycles. The van der Waals surface area contributed by atoms with Crippen LogP contribution in [0.15, 0.2) is 59.1 Å². The molecule has 2 fully saturated rings. The Morgan fingerprint density at radius 2 is 1.67 bits per heavy atom. The molecular weight excluding hydrogens is 848 g/mol. The standard InChI is InChI=1S/C46H58F3N9O5S/c1-29-24-36(42(60)50-25-31-8-10-34(11-9-31)40-30(2)51-28-64-40)57(26-29)43(61)41(45(3,4)5)52-39(59)27-62-22-6-7-23-63-35-14-12-32(13-15-35)33-18-20-56(21-19-33)38-17-16-37-53-54-44(46(47,48)49)58(37)55-38/h8-15,28-29,33,36,41H,6-7,16-27H2,1-5H3,(H,50,60)(H,52,59)/t29?,36-,41+/m0/s1. The number of aryl methyl sites for hydroxylation is 2. The van der Waals surface area contributed by atoms with E-state index in [-0.39, 0.29) is 30.2 Å². The summed E-state index contributed by atoms with van der Waals surface area (Å²) in [6, 6.07) is 14.6. The fourth-order valence-corrected chi connectivity index (χ4v) is 9.36. The van der Waals surface area contributed by atoms with Gasteiger partial charge in [0.15, 0.2) is 5.82 Å². The number of aromatic nitrogens is 4. The van der Waals surface area contributed by atoms with Gasteiger partial charge in [-0.3, -0.25) is 14.4 Å². The number of rotatable bonds is 15. The maximum absolute atomic E-state index is 14.1. The SMILES string of the molecule is Cc1ncsc1-c1ccc(CNC(=O)[C@@H]2CC(C)CN2C(=O)[C@@H](NC(=O)COCCCCOc2ccc(C3CCN(C4=Nn5c(nnc5C(F)(F)F)CC4)CC3)cc2)C(C)(C)C)cc1. The molecule has 0 saturated carbocycles. The van der Waals surface area contributed by atoms with Gasteiger partial charge in [-0.25, -0.2) is 4.98 Å². The second kappa shape index (κ2) is 20.2. The van der Waals surface area contributed by atoms with E-state index in [0.717, 1.165) is 45.0 Å². The van der Waals surface area contributed by atoms with Gasteiger partial charge in [-0.05, 0) is 85.1 Å². The molecule has 2 aromatic carbocycles. The van der Waals surface area contributed by atoms with Crippen LogP contribution in [0.5, 0.6) is 5.75 Å². The molecule has 3 amide bonds. The van der Waals surface area contributed by atoms with Crippen molar-refractivity contribution in [2.45, 2.75) is 110 Å². The number of thiazole rings is 1. The molecule has 2 saturated heterocycles. The van der Waals surface area contributed by atoms with Crippen molar-refractivity contribution < 1.29 is 37.0 Å². The molecule has 1 unspecified atom stereocenters. The Morgan fingerprint density at radius 1 is 0.953 bits per heavy atom. The summed E-state index contributed by atoms with van der Waals surface area (Å²) >= 11 is 1.59. The quantitative estimate of drug-likeness (QED) is 0.120. The number of halogens is 3. The Hall–Kier alpha value is -5.36. The molecule has 64 heavy (non-hydrogen) atoms. The van der Waals surface area contributed by atoms with Gasteiger partial charge < -0.3 is 29.9 Å². The molecule has 0 spiro atoms. The average molecular weight is 906 g/mol. The van der Waals surface area contributed by atoms with E-state index in [9.17, 15) is 27.6 Å². The summed E-state index contributed by atoms with van der Waals surface area (Å²) in [5.74, 6) is 0.0872. The lowest BCUT2D eigenvalue weighted by molar-refractivity contribution is -0.147. The van der Waals surface area contributed by atoms with E-state index in [1.165, 1.54) is 5.56 Å². The van der Waals surface area contributed by atoms with Gasteiger partial charge in [-0.2, -0.15) is 22.9 Å². The second-order valence-electron chi connectivity index (χ2n) is 18.1. The largest absolute Gasteiger partial charge is 0.494 e. The van der Waals surface area contributed by atoms with E-state index >= 15 is 0 Å². The first kappa shape index (κ1) is 46.6. The minimum Gasteiger partial charge on any atom is -0.494 e. The molecule has 0 aliphatic carbocycles. The summed E-state index contributed by atoms with van der Waals surface area (Å²) in [7, 11) is 0. The number of carbonyl (C=O) groups excluding carboxylic acids is 3. The number of likely N-dealkylation sites (tertiary alicyclic amines) is 2. The van der Waals surface area contributed by atoms with Crippen LogP contribution in [0.2, 0.25) is 0 Å². The van der Waals surface area contributed by atoms with Crippen LogP contribution in [0, 0.1) is 18.3 Å². The number of amidine groups is 1. The van der Waals surface area contributed by atoms with Crippen LogP contribution in [0.4, 0.5) is 13.2 Å². The van der Waals surface area contributed by atoms with E-state index in [1.807, 2.05) is 76.5 Å². The van der Waals surface area contributed by atoms with Crippen LogP contribution < -0.4 is 15.4 Å². The smallest absolute Gasteiger partial charge is 0.453 e. The highest BCUT2D eigenvalue weighted by molar-refractivity contribution is 7.13. The van der Waals surface area contributed by atoms with Crippen LogP contribution in [-0.4, -0.2) is 105 Å². The Kier molecular flexibility index (Phi) is 14.7. The van der Waals surface area contributed by atoms with Crippen molar-refractivity contribution in [3.8, 4) is 16.2 Å². The summed E-state index contributed by atoms with van der Waals surface area (Å²) in [5, 5.41) is 17.2. The summed E-state index contributed by atoms with van der Waals surface area (Å²) in [5.41, 5.74) is 5.42. The number of alkyl halides is 3. The molecule has 2 N–H and O–H groups in total. The van der Waals surface area contributed by atoms with Gasteiger partial charge in [0, 0.05) is 45.6 Å². The van der Waals surface area contributed by atoms with Crippen LogP contribution in [0.1, 0.15) is 101 Å². The maximum atomic E-state index is 14.1. The highest BCUT2D eigenvalue weighted by Gasteiger charge is 2.44. The van der Waals surface area contributed by atoms with Crippen LogP contribution in [-0.2, 0) is 38.3 Å². The fourth-order valence-electron chi connectivity index (χ4n) is 8.54. The van der Waals surface area contributed by atoms with Gasteiger partial charge >= 0.3 is 6.18 Å². The highest BCUT2D eigenvalue weighted by atomic mass is 32.1. The minimum absolute atomic E-state index is 0.126. The number of piperidine rings is 1. The topological polar surface area (TPSA) is 156 Å². The lowest BCUT2D eigenvalue weighted by Gasteiger charge is -2.35. The molecule has 344 valence electrons. The number of unbranched alkanes of at least 4 members (excludes halogenated alkanes) is 1. The van der Waals surface area contributed by atoms with E-state index in [0.29, 0.717) is 83.3 Å². The van der Waals surface area contributed by atoms with E-state index < -0.39 is 35.4 Å². The number of nitrogens with zero attached hydrogens (tertiary/aromatic N) is 7. The predicted molar refractivity (Wildman–Crippen MR) is 237 cm³/mol. The van der Waals surface area contributed by atoms with Crippen LogP contribution >= 0.6 is 11.3 Å². The second-order valence-corrected chi connectivity index (χ2v) is 19.0. The van der Waals surface area contributed by atoms with Gasteiger partial charge in [-0.1, -0.05) is 64.1 Å². The molecule has 0 radical (unpaired) electrons. The maximum Gasteiger partial charge on any atom is 0.453 e. The lowest BCUT2D eigenvalue weighted by atomic mass is 9.85. The van der Waals surface area contributed by atoms with Gasteiger partial charge in [0.25, 0.3) is 5.82 Å². The zero-order valence-electron chi connectivity index (χ0n) is 37.1. The molecule has 14 nitrogen and oxygen atoms in total. The first-order chi connectivity index (χ1) is 30.5. The first-order valence-electron chi connectivity index (χ1n) is 22.1. The number of hydrogen-bond donors (Lipinski definition) is 2. The Balaban J connectivity index is 0.795. The number of hydrogen-bond acceptors (Lipinski definition) is 11. The Bertz CT molecular complexity index is 2260. The highest BCUT2D eigenvalue weighted by Crippen LogP contribution is 2.33. The molecular formula is C46H58F3N9O5S. The Labute approximate surface area is 376 Å². The zero-order chi connectivity index (χ0) is 45.6.